The van der Waals surface area contributed by atoms with Crippen molar-refractivity contribution in [2.24, 2.45) is 0 Å². The maximum atomic E-state index is 11.1. The van der Waals surface area contributed by atoms with Crippen LogP contribution in [0.2, 0.25) is 0 Å². The third kappa shape index (κ3) is 1.92. The molecular weight excluding hydrogens is 240 g/mol. The Morgan fingerprint density at radius 3 is 2.95 bits per heavy atom. The van der Waals surface area contributed by atoms with E-state index < -0.39 is 5.97 Å². The van der Waals surface area contributed by atoms with E-state index >= 15 is 0 Å². The van der Waals surface area contributed by atoms with Crippen LogP contribution < -0.4 is 5.32 Å². The van der Waals surface area contributed by atoms with Crippen molar-refractivity contribution in [3.8, 4) is 0 Å². The Kier molecular flexibility index (Phi) is 2.82. The van der Waals surface area contributed by atoms with Crippen LogP contribution in [0.1, 0.15) is 22.4 Å². The minimum Gasteiger partial charge on any atom is -0.481 e. The maximum absolute atomic E-state index is 11.1. The van der Waals surface area contributed by atoms with Gasteiger partial charge < -0.3 is 15.0 Å². The first-order chi connectivity index (χ1) is 9.08. The molecule has 0 saturated carbocycles. The number of aliphatic carboxylic acids is 1. The molecule has 19 heavy (non-hydrogen) atoms. The van der Waals surface area contributed by atoms with Crippen molar-refractivity contribution in [3.63, 3.8) is 0 Å². The molecule has 0 aliphatic carbocycles. The lowest BCUT2D eigenvalue weighted by Crippen LogP contribution is -2.28. The summed E-state index contributed by atoms with van der Waals surface area (Å²) in [5.74, 6) is -0.763. The van der Waals surface area contributed by atoms with Gasteiger partial charge in [0.25, 0.3) is 0 Å². The Labute approximate surface area is 112 Å². The van der Waals surface area contributed by atoms with Crippen molar-refractivity contribution >= 4 is 16.9 Å². The molecule has 1 aromatic carbocycles. The number of carboxylic acid groups (broad SMARTS) is 1. The highest BCUT2D eigenvalue weighted by Gasteiger charge is 2.22. The molecule has 0 bridgehead atoms. The molecular formula is C15H18N2O2. The molecule has 4 nitrogen and oxygen atoms in total. The van der Waals surface area contributed by atoms with Gasteiger partial charge in [-0.1, -0.05) is 6.07 Å². The van der Waals surface area contributed by atoms with E-state index in [9.17, 15) is 4.79 Å². The van der Waals surface area contributed by atoms with Crippen LogP contribution in [0.3, 0.4) is 0 Å². The molecule has 0 atom stereocenters. The molecule has 0 amide bonds. The van der Waals surface area contributed by atoms with E-state index in [4.69, 9.17) is 5.11 Å². The first-order valence-electron chi connectivity index (χ1n) is 6.61. The molecule has 2 heterocycles. The highest BCUT2D eigenvalue weighted by atomic mass is 16.4. The number of rotatable bonds is 2. The van der Waals surface area contributed by atoms with E-state index in [1.54, 1.807) is 0 Å². The first-order valence-corrected chi connectivity index (χ1v) is 6.61. The van der Waals surface area contributed by atoms with Crippen LogP contribution in [0.4, 0.5) is 0 Å². The summed E-state index contributed by atoms with van der Waals surface area (Å²) >= 11 is 0. The zero-order valence-corrected chi connectivity index (χ0v) is 11.3. The van der Waals surface area contributed by atoms with Gasteiger partial charge in [-0.15, -0.1) is 0 Å². The number of aryl methyl sites for hydroxylation is 2. The van der Waals surface area contributed by atoms with Crippen LogP contribution in [0.25, 0.3) is 10.9 Å². The van der Waals surface area contributed by atoms with E-state index in [0.717, 1.165) is 36.3 Å². The number of hydrogen-bond acceptors (Lipinski definition) is 2. The second-order valence-electron chi connectivity index (χ2n) is 5.30. The maximum Gasteiger partial charge on any atom is 0.307 e. The van der Waals surface area contributed by atoms with Gasteiger partial charge in [-0.3, -0.25) is 4.79 Å². The van der Waals surface area contributed by atoms with E-state index in [0.29, 0.717) is 0 Å². The fourth-order valence-electron chi connectivity index (χ4n) is 3.20. The van der Waals surface area contributed by atoms with Crippen molar-refractivity contribution in [2.75, 3.05) is 6.54 Å². The fourth-order valence-corrected chi connectivity index (χ4v) is 3.20. The van der Waals surface area contributed by atoms with E-state index in [1.165, 1.54) is 16.6 Å². The second-order valence-corrected chi connectivity index (χ2v) is 5.30. The molecule has 4 heteroatoms. The second kappa shape index (κ2) is 4.38. The van der Waals surface area contributed by atoms with Crippen molar-refractivity contribution in [2.45, 2.75) is 33.4 Å². The Morgan fingerprint density at radius 1 is 1.42 bits per heavy atom. The van der Waals surface area contributed by atoms with E-state index in [2.05, 4.69) is 35.9 Å². The van der Waals surface area contributed by atoms with Gasteiger partial charge in [0.15, 0.2) is 0 Å². The molecule has 0 spiro atoms. The normalized spacial score (nSPS) is 14.6. The number of nitrogens with zero attached hydrogens (tertiary/aromatic N) is 1. The number of hydrogen-bond donors (Lipinski definition) is 2. The van der Waals surface area contributed by atoms with Crippen LogP contribution in [0.15, 0.2) is 12.1 Å². The van der Waals surface area contributed by atoms with Gasteiger partial charge in [0.05, 0.1) is 6.42 Å². The van der Waals surface area contributed by atoms with Crippen molar-refractivity contribution in [1.82, 2.24) is 9.88 Å². The number of aromatic nitrogens is 1. The molecule has 0 saturated heterocycles. The topological polar surface area (TPSA) is 54.3 Å². The number of carboxylic acids is 1. The lowest BCUT2D eigenvalue weighted by atomic mass is 10.0. The largest absolute Gasteiger partial charge is 0.481 e. The van der Waals surface area contributed by atoms with Gasteiger partial charge in [0.1, 0.15) is 0 Å². The summed E-state index contributed by atoms with van der Waals surface area (Å²) in [4.78, 5) is 11.1. The minimum absolute atomic E-state index is 0.102. The molecule has 2 aromatic rings. The zero-order valence-electron chi connectivity index (χ0n) is 11.3. The third-order valence-electron chi connectivity index (χ3n) is 3.86. The summed E-state index contributed by atoms with van der Waals surface area (Å²) in [5.41, 5.74) is 5.70. The fraction of sp³-hybridized carbons (Fsp3) is 0.400. The lowest BCUT2D eigenvalue weighted by Gasteiger charge is -2.18. The summed E-state index contributed by atoms with van der Waals surface area (Å²) in [6.07, 6.45) is 0.102. The van der Waals surface area contributed by atoms with Crippen LogP contribution in [-0.2, 0) is 24.3 Å². The molecule has 1 aliphatic heterocycles. The molecule has 0 radical (unpaired) electrons. The SMILES string of the molecule is Cc1cc(C)c2c(CC(=O)O)c3n(c2c1)CCNC3. The predicted molar refractivity (Wildman–Crippen MR) is 74.5 cm³/mol. The van der Waals surface area contributed by atoms with Crippen molar-refractivity contribution in [3.05, 3.63) is 34.5 Å². The van der Waals surface area contributed by atoms with Crippen LogP contribution >= 0.6 is 0 Å². The molecule has 1 aliphatic rings. The summed E-state index contributed by atoms with van der Waals surface area (Å²) in [6, 6.07) is 4.30. The summed E-state index contributed by atoms with van der Waals surface area (Å²) in [7, 11) is 0. The number of nitrogens with one attached hydrogen (secondary N) is 1. The molecule has 0 fully saturated rings. The molecule has 1 aromatic heterocycles. The first kappa shape index (κ1) is 12.2. The number of carbonyl (C=O) groups is 1. The Balaban J connectivity index is 2.35. The van der Waals surface area contributed by atoms with E-state index in [-0.39, 0.29) is 6.42 Å². The summed E-state index contributed by atoms with van der Waals surface area (Å²) < 4.78 is 2.28. The van der Waals surface area contributed by atoms with Crippen molar-refractivity contribution in [1.29, 1.82) is 0 Å². The third-order valence-corrected chi connectivity index (χ3v) is 3.86. The van der Waals surface area contributed by atoms with Gasteiger partial charge in [-0.25, -0.2) is 0 Å². The highest BCUT2D eigenvalue weighted by Crippen LogP contribution is 2.31. The monoisotopic (exact) mass is 258 g/mol. The van der Waals surface area contributed by atoms with Gasteiger partial charge in [0, 0.05) is 36.2 Å². The summed E-state index contributed by atoms with van der Waals surface area (Å²) in [5, 5.41) is 13.6. The van der Waals surface area contributed by atoms with Gasteiger partial charge in [-0.2, -0.15) is 0 Å². The Bertz CT molecular complexity index is 671. The van der Waals surface area contributed by atoms with Gasteiger partial charge in [-0.05, 0) is 36.6 Å². The zero-order chi connectivity index (χ0) is 13.6. The van der Waals surface area contributed by atoms with Crippen LogP contribution in [-0.4, -0.2) is 22.2 Å². The summed E-state index contributed by atoms with van der Waals surface area (Å²) in [6.45, 7) is 6.77. The Hall–Kier alpha value is -1.81. The van der Waals surface area contributed by atoms with E-state index in [1.807, 2.05) is 0 Å². The molecule has 2 N–H and O–H groups in total. The van der Waals surface area contributed by atoms with Crippen molar-refractivity contribution < 1.29 is 9.90 Å². The van der Waals surface area contributed by atoms with Crippen LogP contribution in [0.5, 0.6) is 0 Å². The lowest BCUT2D eigenvalue weighted by molar-refractivity contribution is -0.136. The number of fused-ring (bicyclic) bond motifs is 3. The van der Waals surface area contributed by atoms with Gasteiger partial charge in [0.2, 0.25) is 0 Å². The quantitative estimate of drug-likeness (QED) is 0.866. The number of benzene rings is 1. The molecule has 100 valence electrons. The van der Waals surface area contributed by atoms with Gasteiger partial charge >= 0.3 is 5.97 Å². The average Bonchev–Trinajstić information content (AvgIpc) is 2.64. The molecule has 0 unspecified atom stereocenters. The highest BCUT2D eigenvalue weighted by molar-refractivity contribution is 5.92. The smallest absolute Gasteiger partial charge is 0.307 e. The molecule has 3 rings (SSSR count). The standard InChI is InChI=1S/C15H18N2O2/c1-9-5-10(2)15-11(7-14(18)19)13-8-16-3-4-17(13)12(15)6-9/h5-6,16H,3-4,7-8H2,1-2H3,(H,18,19). The predicted octanol–water partition coefficient (Wildman–Crippen LogP) is 1.99. The van der Waals surface area contributed by atoms with Crippen LogP contribution in [0, 0.1) is 13.8 Å². The Morgan fingerprint density at radius 2 is 2.21 bits per heavy atom. The minimum atomic E-state index is -0.763. The average molecular weight is 258 g/mol.